The number of anilines is 5. The van der Waals surface area contributed by atoms with Gasteiger partial charge in [-0.1, -0.05) is 91.0 Å². The molecule has 1 aliphatic heterocycles. The van der Waals surface area contributed by atoms with Crippen LogP contribution in [0.2, 0.25) is 0 Å². The van der Waals surface area contributed by atoms with E-state index in [1.807, 2.05) is 67.6 Å². The molecule has 4 aromatic carbocycles. The van der Waals surface area contributed by atoms with Gasteiger partial charge in [-0.05, 0) is 48.2 Å². The van der Waals surface area contributed by atoms with E-state index < -0.39 is 5.91 Å². The van der Waals surface area contributed by atoms with Gasteiger partial charge in [-0.15, -0.1) is 0 Å². The quantitative estimate of drug-likeness (QED) is 0.133. The summed E-state index contributed by atoms with van der Waals surface area (Å²) in [6.45, 7) is 6.11. The van der Waals surface area contributed by atoms with Crippen molar-refractivity contribution in [2.24, 2.45) is 5.73 Å². The Bertz CT molecular complexity index is 1750. The van der Waals surface area contributed by atoms with Crippen molar-refractivity contribution in [3.63, 3.8) is 0 Å². The van der Waals surface area contributed by atoms with Crippen molar-refractivity contribution in [2.45, 2.75) is 32.5 Å². The van der Waals surface area contributed by atoms with E-state index in [2.05, 4.69) is 79.3 Å². The van der Waals surface area contributed by atoms with E-state index in [4.69, 9.17) is 15.7 Å². The van der Waals surface area contributed by atoms with Gasteiger partial charge in [0.05, 0.1) is 17.4 Å². The summed E-state index contributed by atoms with van der Waals surface area (Å²) in [7, 11) is 0. The predicted molar refractivity (Wildman–Crippen MR) is 190 cm³/mol. The summed E-state index contributed by atoms with van der Waals surface area (Å²) in [5.74, 6) is 1.27. The first-order valence-corrected chi connectivity index (χ1v) is 16.1. The highest BCUT2D eigenvalue weighted by atomic mass is 16.1. The van der Waals surface area contributed by atoms with Crippen molar-refractivity contribution >= 4 is 35.1 Å². The molecule has 0 aliphatic carbocycles. The lowest BCUT2D eigenvalue weighted by Crippen LogP contribution is -2.55. The van der Waals surface area contributed by atoms with E-state index in [1.165, 1.54) is 5.56 Å². The third kappa shape index (κ3) is 8.15. The van der Waals surface area contributed by atoms with E-state index in [0.717, 1.165) is 42.0 Å². The number of nitrogens with one attached hydrogen (secondary N) is 3. The number of benzene rings is 4. The lowest BCUT2D eigenvalue weighted by molar-refractivity contribution is 0.100. The molecule has 0 saturated carbocycles. The standard InChI is InChI=1S/C37H41N9O/c1-2-39-35-42-36(41-25-29-16-10-5-11-17-29)44-37(43-35)46-21-20-45(26-31(46)22-27-12-6-3-7-13-27)33-19-18-30(34(38)47)23-32(33)40-24-28-14-8-4-9-15-28/h3-19,23,31,40H,2,20-22,24-26H2,1H3,(H2,38,47)(H2,39,41,42,43,44). The average molecular weight is 628 g/mol. The molecule has 0 bridgehead atoms. The van der Waals surface area contributed by atoms with Crippen molar-refractivity contribution in [1.82, 2.24) is 15.0 Å². The number of nitrogens with zero attached hydrogens (tertiary/aromatic N) is 5. The van der Waals surface area contributed by atoms with E-state index in [9.17, 15) is 4.79 Å². The van der Waals surface area contributed by atoms with Crippen LogP contribution in [0.5, 0.6) is 0 Å². The highest BCUT2D eigenvalue weighted by Gasteiger charge is 2.31. The molecule has 1 aliphatic rings. The van der Waals surface area contributed by atoms with Gasteiger partial charge in [0.25, 0.3) is 0 Å². The zero-order valence-corrected chi connectivity index (χ0v) is 26.6. The molecule has 6 rings (SSSR count). The van der Waals surface area contributed by atoms with E-state index in [0.29, 0.717) is 49.6 Å². The third-order valence-corrected chi connectivity index (χ3v) is 8.25. The van der Waals surface area contributed by atoms with Gasteiger partial charge < -0.3 is 31.5 Å². The van der Waals surface area contributed by atoms with Gasteiger partial charge in [-0.3, -0.25) is 4.79 Å². The molecule has 0 spiro atoms. The van der Waals surface area contributed by atoms with E-state index in [1.54, 1.807) is 0 Å². The SMILES string of the molecule is CCNc1nc(NCc2ccccc2)nc(N2CCN(c3ccc(C(N)=O)cc3NCc3ccccc3)CC2Cc2ccccc2)n1. The van der Waals surface area contributed by atoms with Crippen molar-refractivity contribution < 1.29 is 4.79 Å². The number of hydrogen-bond acceptors (Lipinski definition) is 9. The van der Waals surface area contributed by atoms with Crippen molar-refractivity contribution in [1.29, 1.82) is 0 Å². The molecule has 1 atom stereocenters. The van der Waals surface area contributed by atoms with Crippen molar-refractivity contribution in [2.75, 3.05) is 51.9 Å². The molecule has 5 aromatic rings. The van der Waals surface area contributed by atoms with Gasteiger partial charge in [0.15, 0.2) is 0 Å². The first-order chi connectivity index (χ1) is 23.1. The fraction of sp³-hybridized carbons (Fsp3) is 0.243. The lowest BCUT2D eigenvalue weighted by atomic mass is 10.0. The summed E-state index contributed by atoms with van der Waals surface area (Å²) in [6.07, 6.45) is 0.804. The molecule has 0 radical (unpaired) electrons. The van der Waals surface area contributed by atoms with Crippen LogP contribution < -0.4 is 31.5 Å². The van der Waals surface area contributed by atoms with Crippen LogP contribution in [0.3, 0.4) is 0 Å². The van der Waals surface area contributed by atoms with Crippen LogP contribution in [-0.2, 0) is 19.5 Å². The van der Waals surface area contributed by atoms with Gasteiger partial charge in [-0.2, -0.15) is 15.0 Å². The average Bonchev–Trinajstić information content (AvgIpc) is 3.11. The molecule has 1 saturated heterocycles. The number of carbonyl (C=O) groups excluding carboxylic acids is 1. The van der Waals surface area contributed by atoms with E-state index >= 15 is 0 Å². The summed E-state index contributed by atoms with van der Waals surface area (Å²) < 4.78 is 0. The summed E-state index contributed by atoms with van der Waals surface area (Å²) >= 11 is 0. The Kier molecular flexibility index (Phi) is 10.1. The Labute approximate surface area is 276 Å². The zero-order chi connectivity index (χ0) is 32.4. The Morgan fingerprint density at radius 1 is 0.745 bits per heavy atom. The Hall–Kier alpha value is -5.64. The normalized spacial score (nSPS) is 14.4. The number of rotatable bonds is 13. The van der Waals surface area contributed by atoms with Crippen molar-refractivity contribution in [3.05, 3.63) is 131 Å². The van der Waals surface area contributed by atoms with Crippen LogP contribution in [-0.4, -0.2) is 53.1 Å². The monoisotopic (exact) mass is 627 g/mol. The van der Waals surface area contributed by atoms with Crippen LogP contribution in [0.1, 0.15) is 34.0 Å². The Balaban J connectivity index is 1.30. The van der Waals surface area contributed by atoms with E-state index in [-0.39, 0.29) is 6.04 Å². The number of carbonyl (C=O) groups is 1. The second-order valence-corrected chi connectivity index (χ2v) is 11.6. The molecule has 1 fully saturated rings. The van der Waals surface area contributed by atoms with Gasteiger partial charge >= 0.3 is 0 Å². The molecule has 1 unspecified atom stereocenters. The second-order valence-electron chi connectivity index (χ2n) is 11.6. The molecule has 240 valence electrons. The van der Waals surface area contributed by atoms with Crippen LogP contribution in [0.15, 0.2) is 109 Å². The summed E-state index contributed by atoms with van der Waals surface area (Å²) in [5, 5.41) is 10.3. The highest BCUT2D eigenvalue weighted by molar-refractivity contribution is 5.95. The first kappa shape index (κ1) is 31.3. The minimum atomic E-state index is -0.450. The Morgan fingerprint density at radius 2 is 1.34 bits per heavy atom. The fourth-order valence-electron chi connectivity index (χ4n) is 5.88. The lowest BCUT2D eigenvalue weighted by Gasteiger charge is -2.43. The van der Waals surface area contributed by atoms with Gasteiger partial charge in [0.2, 0.25) is 23.8 Å². The molecule has 2 heterocycles. The van der Waals surface area contributed by atoms with Crippen LogP contribution in [0.4, 0.5) is 29.2 Å². The van der Waals surface area contributed by atoms with Gasteiger partial charge in [-0.25, -0.2) is 0 Å². The molecule has 10 heteroatoms. The maximum atomic E-state index is 12.1. The van der Waals surface area contributed by atoms with Gasteiger partial charge in [0, 0.05) is 44.8 Å². The molecule has 5 N–H and O–H groups in total. The van der Waals surface area contributed by atoms with Crippen LogP contribution in [0.25, 0.3) is 0 Å². The number of primary amides is 1. The fourth-order valence-corrected chi connectivity index (χ4v) is 5.88. The smallest absolute Gasteiger partial charge is 0.248 e. The summed E-state index contributed by atoms with van der Waals surface area (Å²) in [5.41, 5.74) is 11.6. The molecule has 1 aromatic heterocycles. The van der Waals surface area contributed by atoms with Crippen molar-refractivity contribution in [3.8, 4) is 0 Å². The number of piperazine rings is 1. The molecule has 10 nitrogen and oxygen atoms in total. The third-order valence-electron chi connectivity index (χ3n) is 8.25. The topological polar surface area (TPSA) is 124 Å². The maximum absolute atomic E-state index is 12.1. The predicted octanol–water partition coefficient (Wildman–Crippen LogP) is 5.56. The molecule has 47 heavy (non-hydrogen) atoms. The first-order valence-electron chi connectivity index (χ1n) is 16.1. The molecular weight excluding hydrogens is 586 g/mol. The molecule has 1 amide bonds. The Morgan fingerprint density at radius 3 is 1.96 bits per heavy atom. The molecular formula is C37H41N9O. The number of amides is 1. The minimum absolute atomic E-state index is 0.0581. The minimum Gasteiger partial charge on any atom is -0.379 e. The largest absolute Gasteiger partial charge is 0.379 e. The number of aromatic nitrogens is 3. The summed E-state index contributed by atoms with van der Waals surface area (Å²) in [6, 6.07) is 36.7. The van der Waals surface area contributed by atoms with Gasteiger partial charge in [0.1, 0.15) is 0 Å². The van der Waals surface area contributed by atoms with Crippen LogP contribution in [0, 0.1) is 0 Å². The number of nitrogens with two attached hydrogens (primary N) is 1. The maximum Gasteiger partial charge on any atom is 0.248 e. The van der Waals surface area contributed by atoms with Crippen LogP contribution >= 0.6 is 0 Å². The number of hydrogen-bond donors (Lipinski definition) is 4. The second kappa shape index (κ2) is 15.1. The highest BCUT2D eigenvalue weighted by Crippen LogP contribution is 2.32. The zero-order valence-electron chi connectivity index (χ0n) is 26.6. The summed E-state index contributed by atoms with van der Waals surface area (Å²) in [4.78, 5) is 31.3.